The van der Waals surface area contributed by atoms with E-state index in [1.807, 2.05) is 0 Å². The molecule has 3 nitrogen and oxygen atoms in total. The van der Waals surface area contributed by atoms with Crippen LogP contribution in [0.2, 0.25) is 0 Å². The van der Waals surface area contributed by atoms with E-state index in [0.29, 0.717) is 6.04 Å². The number of ether oxygens (including phenoxy) is 1. The molecule has 2 N–H and O–H groups in total. The fraction of sp³-hybridized carbons (Fsp3) is 0.667. The second-order valence-electron chi connectivity index (χ2n) is 7.45. The highest BCUT2D eigenvalue weighted by atomic mass is 16.5. The van der Waals surface area contributed by atoms with Gasteiger partial charge in [-0.25, -0.2) is 0 Å². The topological polar surface area (TPSA) is 38.5 Å². The second-order valence-corrected chi connectivity index (χ2v) is 7.45. The minimum absolute atomic E-state index is 0.255. The number of hydrogen-bond donors (Lipinski definition) is 1. The van der Waals surface area contributed by atoms with Gasteiger partial charge in [0.2, 0.25) is 0 Å². The Kier molecular flexibility index (Phi) is 3.74. The summed E-state index contributed by atoms with van der Waals surface area (Å²) in [5.74, 6) is 0.928. The Hall–Kier alpha value is -1.06. The zero-order valence-corrected chi connectivity index (χ0v) is 13.6. The third-order valence-corrected chi connectivity index (χ3v) is 5.64. The van der Waals surface area contributed by atoms with Crippen LogP contribution in [0.4, 0.5) is 0 Å². The second kappa shape index (κ2) is 5.29. The highest BCUT2D eigenvalue weighted by Gasteiger charge is 2.51. The number of nitrogens with zero attached hydrogens (tertiary/aromatic N) is 1. The van der Waals surface area contributed by atoms with Gasteiger partial charge in [-0.2, -0.15) is 0 Å². The molecular weight excluding hydrogens is 260 g/mol. The summed E-state index contributed by atoms with van der Waals surface area (Å²) in [6.45, 7) is 5.84. The van der Waals surface area contributed by atoms with E-state index in [4.69, 9.17) is 10.5 Å². The molecule has 2 aliphatic heterocycles. The lowest BCUT2D eigenvalue weighted by Gasteiger charge is -2.61. The molecule has 0 saturated carbocycles. The fourth-order valence-corrected chi connectivity index (χ4v) is 4.69. The number of hydrogen-bond acceptors (Lipinski definition) is 3. The number of methoxy groups -OCH3 is 1. The predicted octanol–water partition coefficient (Wildman–Crippen LogP) is 3.32. The van der Waals surface area contributed by atoms with E-state index in [-0.39, 0.29) is 11.1 Å². The Morgan fingerprint density at radius 2 is 1.71 bits per heavy atom. The van der Waals surface area contributed by atoms with Crippen molar-refractivity contribution in [2.45, 2.75) is 69.6 Å². The molecule has 0 aliphatic carbocycles. The van der Waals surface area contributed by atoms with Crippen molar-refractivity contribution in [2.75, 3.05) is 7.11 Å². The van der Waals surface area contributed by atoms with E-state index in [2.05, 4.69) is 43.0 Å². The van der Waals surface area contributed by atoms with Crippen molar-refractivity contribution in [3.63, 3.8) is 0 Å². The SMILES string of the molecule is COc1ccc(CN2[C@@]3(C)CCC[C@]2(C)CC(N)C3)cc1. The third-order valence-electron chi connectivity index (χ3n) is 5.64. The summed E-state index contributed by atoms with van der Waals surface area (Å²) < 4.78 is 5.26. The van der Waals surface area contributed by atoms with Crippen LogP contribution in [-0.4, -0.2) is 29.1 Å². The zero-order chi connectivity index (χ0) is 15.1. The summed E-state index contributed by atoms with van der Waals surface area (Å²) in [4.78, 5) is 2.73. The average molecular weight is 288 g/mol. The van der Waals surface area contributed by atoms with Gasteiger partial charge in [0.15, 0.2) is 0 Å². The fourth-order valence-electron chi connectivity index (χ4n) is 4.69. The number of fused-ring (bicyclic) bond motifs is 2. The molecule has 1 aromatic rings. The monoisotopic (exact) mass is 288 g/mol. The van der Waals surface area contributed by atoms with Crippen molar-refractivity contribution in [1.29, 1.82) is 0 Å². The van der Waals surface area contributed by atoms with Crippen molar-refractivity contribution < 1.29 is 4.74 Å². The standard InChI is InChI=1S/C18H28N2O/c1-17-9-4-10-18(2,12-15(19)11-17)20(17)13-14-5-7-16(21-3)8-6-14/h5-8,15H,4,9-13,19H2,1-3H3/t15?,17-,18+. The molecule has 0 aromatic heterocycles. The molecule has 1 unspecified atom stereocenters. The van der Waals surface area contributed by atoms with Gasteiger partial charge in [0, 0.05) is 23.7 Å². The zero-order valence-electron chi connectivity index (χ0n) is 13.6. The molecule has 2 fully saturated rings. The van der Waals surface area contributed by atoms with Crippen LogP contribution in [0.15, 0.2) is 24.3 Å². The largest absolute Gasteiger partial charge is 0.497 e. The Balaban J connectivity index is 1.85. The predicted molar refractivity (Wildman–Crippen MR) is 86.4 cm³/mol. The Morgan fingerprint density at radius 3 is 2.24 bits per heavy atom. The molecule has 2 aliphatic rings. The molecule has 116 valence electrons. The molecule has 2 saturated heterocycles. The average Bonchev–Trinajstić information content (AvgIpc) is 2.42. The molecule has 2 heterocycles. The lowest BCUT2D eigenvalue weighted by atomic mass is 9.67. The Labute approximate surface area is 128 Å². The number of piperidine rings is 2. The van der Waals surface area contributed by atoms with Gasteiger partial charge in [0.1, 0.15) is 5.75 Å². The first-order valence-electron chi connectivity index (χ1n) is 8.11. The lowest BCUT2D eigenvalue weighted by molar-refractivity contribution is -0.0971. The van der Waals surface area contributed by atoms with Crippen molar-refractivity contribution in [3.05, 3.63) is 29.8 Å². The maximum atomic E-state index is 6.35. The Morgan fingerprint density at radius 1 is 1.14 bits per heavy atom. The molecule has 2 bridgehead atoms. The number of nitrogens with two attached hydrogens (primary N) is 1. The summed E-state index contributed by atoms with van der Waals surface area (Å²) in [6.07, 6.45) is 6.12. The summed E-state index contributed by atoms with van der Waals surface area (Å²) in [5.41, 5.74) is 8.22. The number of rotatable bonds is 3. The van der Waals surface area contributed by atoms with Crippen LogP contribution in [0, 0.1) is 0 Å². The van der Waals surface area contributed by atoms with E-state index in [0.717, 1.165) is 25.1 Å². The van der Waals surface area contributed by atoms with Crippen LogP contribution in [0.5, 0.6) is 5.75 Å². The van der Waals surface area contributed by atoms with E-state index in [9.17, 15) is 0 Å². The van der Waals surface area contributed by atoms with Gasteiger partial charge in [-0.3, -0.25) is 4.90 Å². The van der Waals surface area contributed by atoms with Crippen LogP contribution in [0.25, 0.3) is 0 Å². The van der Waals surface area contributed by atoms with E-state index < -0.39 is 0 Å². The van der Waals surface area contributed by atoms with E-state index in [1.54, 1.807) is 7.11 Å². The first kappa shape index (κ1) is 14.9. The van der Waals surface area contributed by atoms with Crippen LogP contribution < -0.4 is 10.5 Å². The maximum Gasteiger partial charge on any atom is 0.118 e. The summed E-state index contributed by atoms with van der Waals surface area (Å²) in [6, 6.07) is 8.86. The molecule has 0 radical (unpaired) electrons. The van der Waals surface area contributed by atoms with E-state index in [1.165, 1.54) is 24.8 Å². The quantitative estimate of drug-likeness (QED) is 0.927. The summed E-state index contributed by atoms with van der Waals surface area (Å²) >= 11 is 0. The summed E-state index contributed by atoms with van der Waals surface area (Å²) in [7, 11) is 1.72. The molecular formula is C18H28N2O. The van der Waals surface area contributed by atoms with E-state index >= 15 is 0 Å². The van der Waals surface area contributed by atoms with Gasteiger partial charge in [0.25, 0.3) is 0 Å². The normalized spacial score (nSPS) is 36.5. The minimum Gasteiger partial charge on any atom is -0.497 e. The molecule has 3 rings (SSSR count). The van der Waals surface area contributed by atoms with Crippen molar-refractivity contribution in [1.82, 2.24) is 4.90 Å². The first-order valence-corrected chi connectivity index (χ1v) is 8.11. The highest BCUT2D eigenvalue weighted by molar-refractivity contribution is 5.27. The van der Waals surface area contributed by atoms with Gasteiger partial charge in [-0.15, -0.1) is 0 Å². The van der Waals surface area contributed by atoms with Crippen molar-refractivity contribution in [3.8, 4) is 5.75 Å². The summed E-state index contributed by atoms with van der Waals surface area (Å²) in [5, 5.41) is 0. The van der Waals surface area contributed by atoms with Gasteiger partial charge in [-0.05, 0) is 63.6 Å². The van der Waals surface area contributed by atoms with Gasteiger partial charge < -0.3 is 10.5 Å². The van der Waals surface area contributed by atoms with Gasteiger partial charge in [0.05, 0.1) is 7.11 Å². The van der Waals surface area contributed by atoms with Crippen LogP contribution in [0.3, 0.4) is 0 Å². The molecule has 1 aromatic carbocycles. The highest BCUT2D eigenvalue weighted by Crippen LogP contribution is 2.48. The third kappa shape index (κ3) is 2.69. The molecule has 0 spiro atoms. The molecule has 3 heteroatoms. The van der Waals surface area contributed by atoms with Gasteiger partial charge >= 0.3 is 0 Å². The smallest absolute Gasteiger partial charge is 0.118 e. The first-order chi connectivity index (χ1) is 9.95. The van der Waals surface area contributed by atoms with Crippen molar-refractivity contribution in [2.24, 2.45) is 5.73 Å². The molecule has 0 amide bonds. The van der Waals surface area contributed by atoms with Crippen LogP contribution >= 0.6 is 0 Å². The van der Waals surface area contributed by atoms with Crippen LogP contribution in [-0.2, 0) is 6.54 Å². The van der Waals surface area contributed by atoms with Gasteiger partial charge in [-0.1, -0.05) is 12.1 Å². The van der Waals surface area contributed by atoms with Crippen LogP contribution in [0.1, 0.15) is 51.5 Å². The molecule has 21 heavy (non-hydrogen) atoms. The maximum absolute atomic E-state index is 6.35. The lowest BCUT2D eigenvalue weighted by Crippen LogP contribution is -2.67. The number of benzene rings is 1. The molecule has 3 atom stereocenters. The Bertz CT molecular complexity index is 480. The minimum atomic E-state index is 0.255. The van der Waals surface area contributed by atoms with Crippen molar-refractivity contribution >= 4 is 0 Å².